The van der Waals surface area contributed by atoms with Crippen molar-refractivity contribution in [3.05, 3.63) is 34.8 Å². The van der Waals surface area contributed by atoms with Crippen LogP contribution >= 0.6 is 11.3 Å². The van der Waals surface area contributed by atoms with Gasteiger partial charge in [-0.25, -0.2) is 0 Å². The highest BCUT2D eigenvalue weighted by Gasteiger charge is 2.23. The number of carbonyl (C=O) groups is 1. The Hall–Kier alpha value is -2.03. The summed E-state index contributed by atoms with van der Waals surface area (Å²) in [6.45, 7) is 3.05. The smallest absolute Gasteiger partial charge is 0.240 e. The van der Waals surface area contributed by atoms with Gasteiger partial charge in [0.15, 0.2) is 0 Å². The minimum atomic E-state index is -0.0885. The molecule has 1 amide bonds. The number of hydrogen-bond acceptors (Lipinski definition) is 7. The maximum Gasteiger partial charge on any atom is 0.240 e. The molecule has 0 radical (unpaired) electrons. The Kier molecular flexibility index (Phi) is 4.91. The summed E-state index contributed by atoms with van der Waals surface area (Å²) >= 11 is 1.39. The van der Waals surface area contributed by atoms with Crippen molar-refractivity contribution in [2.75, 3.05) is 31.6 Å². The molecule has 132 valence electrons. The van der Waals surface area contributed by atoms with E-state index in [1.165, 1.54) is 11.3 Å². The Morgan fingerprint density at radius 3 is 3.12 bits per heavy atom. The van der Waals surface area contributed by atoms with E-state index in [9.17, 15) is 4.79 Å². The zero-order valence-corrected chi connectivity index (χ0v) is 14.6. The molecular formula is C17H20N4O3S. The van der Waals surface area contributed by atoms with Crippen LogP contribution in [0.2, 0.25) is 0 Å². The summed E-state index contributed by atoms with van der Waals surface area (Å²) in [5, 5.41) is 12.4. The predicted molar refractivity (Wildman–Crippen MR) is 93.7 cm³/mol. The summed E-state index contributed by atoms with van der Waals surface area (Å²) < 4.78 is 11.3. The molecule has 1 unspecified atom stereocenters. The number of benzene rings is 1. The maximum absolute atomic E-state index is 12.3. The molecule has 0 saturated carbocycles. The van der Waals surface area contributed by atoms with Gasteiger partial charge in [-0.15, -0.1) is 10.2 Å². The molecule has 2 aliphatic rings. The van der Waals surface area contributed by atoms with Crippen LogP contribution in [0.5, 0.6) is 5.75 Å². The van der Waals surface area contributed by atoms with Crippen molar-refractivity contribution in [2.45, 2.75) is 25.5 Å². The van der Waals surface area contributed by atoms with Crippen molar-refractivity contribution < 1.29 is 14.3 Å². The minimum Gasteiger partial charge on any atom is -0.492 e. The molecule has 2 aliphatic heterocycles. The average Bonchev–Trinajstić information content (AvgIpc) is 3.24. The number of nitrogens with one attached hydrogen (secondary N) is 1. The van der Waals surface area contributed by atoms with Crippen LogP contribution in [-0.4, -0.2) is 47.3 Å². The number of amides is 1. The summed E-state index contributed by atoms with van der Waals surface area (Å²) in [4.78, 5) is 14.4. The number of ether oxygens (including phenoxy) is 2. The molecule has 0 bridgehead atoms. The van der Waals surface area contributed by atoms with E-state index in [1.807, 2.05) is 24.3 Å². The van der Waals surface area contributed by atoms with E-state index in [4.69, 9.17) is 9.47 Å². The van der Waals surface area contributed by atoms with Crippen molar-refractivity contribution in [1.82, 2.24) is 15.1 Å². The fraction of sp³-hybridized carbons (Fsp3) is 0.471. The monoisotopic (exact) mass is 360 g/mol. The first kappa shape index (κ1) is 16.4. The fourth-order valence-electron chi connectivity index (χ4n) is 3.06. The van der Waals surface area contributed by atoms with Gasteiger partial charge in [-0.05, 0) is 18.9 Å². The first-order valence-corrected chi connectivity index (χ1v) is 9.27. The highest BCUT2D eigenvalue weighted by atomic mass is 32.1. The van der Waals surface area contributed by atoms with Crippen LogP contribution in [-0.2, 0) is 16.1 Å². The number of para-hydroxylation sites is 1. The molecule has 1 saturated heterocycles. The second kappa shape index (κ2) is 7.47. The molecule has 1 aromatic heterocycles. The lowest BCUT2D eigenvalue weighted by molar-refractivity contribution is -0.117. The second-order valence-corrected chi connectivity index (χ2v) is 7.17. The minimum absolute atomic E-state index is 0.0300. The zero-order valence-electron chi connectivity index (χ0n) is 13.8. The van der Waals surface area contributed by atoms with Crippen LogP contribution in [0.3, 0.4) is 0 Å². The standard InChI is InChI=1S/C17H20N4O3S/c22-15(18-17-20-19-16(25-17)14-6-3-8-23-14)11-21-7-9-24-13-5-2-1-4-12(13)10-21/h1-2,4-5,14H,3,6-11H2,(H,18,20,22). The van der Waals surface area contributed by atoms with Gasteiger partial charge in [0, 0.05) is 25.3 Å². The number of nitrogens with zero attached hydrogens (tertiary/aromatic N) is 3. The molecule has 0 spiro atoms. The Morgan fingerprint density at radius 2 is 2.24 bits per heavy atom. The molecule has 1 N–H and O–H groups in total. The van der Waals surface area contributed by atoms with Gasteiger partial charge < -0.3 is 9.47 Å². The van der Waals surface area contributed by atoms with E-state index < -0.39 is 0 Å². The molecule has 3 heterocycles. The molecule has 1 atom stereocenters. The third-order valence-electron chi connectivity index (χ3n) is 4.29. The first-order valence-electron chi connectivity index (χ1n) is 8.46. The number of carbonyl (C=O) groups excluding carboxylic acids is 1. The summed E-state index contributed by atoms with van der Waals surface area (Å²) in [5.74, 6) is 0.810. The second-order valence-electron chi connectivity index (χ2n) is 6.16. The molecule has 1 aromatic carbocycles. The number of anilines is 1. The van der Waals surface area contributed by atoms with Gasteiger partial charge in [0.2, 0.25) is 11.0 Å². The highest BCUT2D eigenvalue weighted by Crippen LogP contribution is 2.31. The molecule has 1 fully saturated rings. The normalized spacial score (nSPS) is 20.6. The van der Waals surface area contributed by atoms with Crippen molar-refractivity contribution >= 4 is 22.4 Å². The summed E-state index contributed by atoms with van der Waals surface area (Å²) in [5.41, 5.74) is 1.10. The Balaban J connectivity index is 1.34. The average molecular weight is 360 g/mol. The van der Waals surface area contributed by atoms with E-state index in [0.29, 0.717) is 31.4 Å². The van der Waals surface area contributed by atoms with E-state index >= 15 is 0 Å². The SMILES string of the molecule is O=C(CN1CCOc2ccccc2C1)Nc1nnc(C2CCCO2)s1. The number of rotatable bonds is 4. The van der Waals surface area contributed by atoms with Gasteiger partial charge >= 0.3 is 0 Å². The number of hydrogen-bond donors (Lipinski definition) is 1. The van der Waals surface area contributed by atoms with E-state index in [0.717, 1.165) is 35.8 Å². The molecular weight excluding hydrogens is 340 g/mol. The van der Waals surface area contributed by atoms with Gasteiger partial charge in [-0.2, -0.15) is 0 Å². The summed E-state index contributed by atoms with van der Waals surface area (Å²) in [7, 11) is 0. The van der Waals surface area contributed by atoms with Crippen LogP contribution in [0.1, 0.15) is 29.5 Å². The van der Waals surface area contributed by atoms with Gasteiger partial charge in [-0.1, -0.05) is 29.5 Å². The Labute approximate surface area is 150 Å². The van der Waals surface area contributed by atoms with Crippen molar-refractivity contribution in [3.63, 3.8) is 0 Å². The van der Waals surface area contributed by atoms with Gasteiger partial charge in [0.1, 0.15) is 23.5 Å². The third kappa shape index (κ3) is 3.97. The van der Waals surface area contributed by atoms with Gasteiger partial charge in [0.05, 0.1) is 6.54 Å². The van der Waals surface area contributed by atoms with Gasteiger partial charge in [-0.3, -0.25) is 15.0 Å². The lowest BCUT2D eigenvalue weighted by atomic mass is 10.2. The van der Waals surface area contributed by atoms with Crippen LogP contribution in [0.15, 0.2) is 24.3 Å². The quantitative estimate of drug-likeness (QED) is 0.901. The molecule has 25 heavy (non-hydrogen) atoms. The van der Waals surface area contributed by atoms with Crippen LogP contribution in [0.25, 0.3) is 0 Å². The van der Waals surface area contributed by atoms with Crippen LogP contribution < -0.4 is 10.1 Å². The lowest BCUT2D eigenvalue weighted by Gasteiger charge is -2.18. The highest BCUT2D eigenvalue weighted by molar-refractivity contribution is 7.15. The van der Waals surface area contributed by atoms with Crippen molar-refractivity contribution in [2.24, 2.45) is 0 Å². The third-order valence-corrected chi connectivity index (χ3v) is 5.22. The molecule has 7 nitrogen and oxygen atoms in total. The van der Waals surface area contributed by atoms with E-state index in [2.05, 4.69) is 20.4 Å². The van der Waals surface area contributed by atoms with Gasteiger partial charge in [0.25, 0.3) is 0 Å². The largest absolute Gasteiger partial charge is 0.492 e. The molecule has 4 rings (SSSR count). The van der Waals surface area contributed by atoms with Crippen molar-refractivity contribution in [3.8, 4) is 5.75 Å². The zero-order chi connectivity index (χ0) is 17.1. The van der Waals surface area contributed by atoms with Crippen LogP contribution in [0.4, 0.5) is 5.13 Å². The number of aromatic nitrogens is 2. The lowest BCUT2D eigenvalue weighted by Crippen LogP contribution is -2.34. The molecule has 8 heteroatoms. The van der Waals surface area contributed by atoms with Crippen LogP contribution in [0, 0.1) is 0 Å². The Bertz CT molecular complexity index is 745. The maximum atomic E-state index is 12.3. The molecule has 0 aliphatic carbocycles. The van der Waals surface area contributed by atoms with E-state index in [-0.39, 0.29) is 12.0 Å². The molecule has 2 aromatic rings. The predicted octanol–water partition coefficient (Wildman–Crippen LogP) is 2.22. The van der Waals surface area contributed by atoms with E-state index in [1.54, 1.807) is 0 Å². The summed E-state index contributed by atoms with van der Waals surface area (Å²) in [6, 6.07) is 7.94. The first-order chi connectivity index (χ1) is 12.3. The fourth-order valence-corrected chi connectivity index (χ4v) is 3.91. The topological polar surface area (TPSA) is 76.6 Å². The van der Waals surface area contributed by atoms with Crippen molar-refractivity contribution in [1.29, 1.82) is 0 Å². The number of fused-ring (bicyclic) bond motifs is 1. The summed E-state index contributed by atoms with van der Waals surface area (Å²) in [6.07, 6.45) is 2.04. The Morgan fingerprint density at radius 1 is 1.32 bits per heavy atom.